The quantitative estimate of drug-likeness (QED) is 0.422. The largest absolute Gasteiger partial charge is 0.353 e. The van der Waals surface area contributed by atoms with Gasteiger partial charge in [0.15, 0.2) is 0 Å². The van der Waals surface area contributed by atoms with E-state index < -0.39 is 0 Å². The summed E-state index contributed by atoms with van der Waals surface area (Å²) in [5, 5.41) is 12.1. The summed E-state index contributed by atoms with van der Waals surface area (Å²) in [5.41, 5.74) is 8.15. The molecule has 0 spiro atoms. The molecule has 2 aliphatic rings. The van der Waals surface area contributed by atoms with E-state index in [9.17, 15) is 0 Å². The van der Waals surface area contributed by atoms with Gasteiger partial charge in [0.1, 0.15) is 0 Å². The zero-order valence-electron chi connectivity index (χ0n) is 20.6. The van der Waals surface area contributed by atoms with Crippen molar-refractivity contribution in [2.75, 3.05) is 31.5 Å². The number of likely N-dealkylation sites (tertiary alicyclic amines) is 2. The number of nitrogens with one attached hydrogen (secondary N) is 2. The van der Waals surface area contributed by atoms with E-state index in [1.807, 2.05) is 37.6 Å². The first kappa shape index (κ1) is 23.4. The van der Waals surface area contributed by atoms with E-state index in [0.29, 0.717) is 11.4 Å². The summed E-state index contributed by atoms with van der Waals surface area (Å²) in [6, 6.07) is 12.6. The van der Waals surface area contributed by atoms with Gasteiger partial charge in [0.2, 0.25) is 0 Å². The molecule has 1 aromatic carbocycles. The Hall–Kier alpha value is -3.35. The average Bonchev–Trinajstić information content (AvgIpc) is 3.35. The summed E-state index contributed by atoms with van der Waals surface area (Å²) in [6.45, 7) is 12.7. The van der Waals surface area contributed by atoms with Crippen molar-refractivity contribution in [3.05, 3.63) is 89.6 Å². The molecule has 2 aliphatic heterocycles. The van der Waals surface area contributed by atoms with Crippen LogP contribution in [0.2, 0.25) is 0 Å². The smallest absolute Gasteiger partial charge is 0.0843 e. The standard InChI is InChI=1S/C29H34N6/c1-21-6-7-24(25-14-23(16-31-17-25)19-34-10-3-4-11-34)15-28(21)29(30)22(2)33-26-8-9-27(32-18-26)20-35-12-5-13-35/h6-9,14-18,30,33H,2-5,10-13,19-20H2,1H3. The molecule has 35 heavy (non-hydrogen) atoms. The zero-order valence-corrected chi connectivity index (χ0v) is 20.6. The number of anilines is 1. The predicted molar refractivity (Wildman–Crippen MR) is 143 cm³/mol. The van der Waals surface area contributed by atoms with Crippen LogP contribution in [0.5, 0.6) is 0 Å². The van der Waals surface area contributed by atoms with E-state index in [2.05, 4.69) is 55.9 Å². The van der Waals surface area contributed by atoms with Crippen LogP contribution < -0.4 is 5.32 Å². The lowest BCUT2D eigenvalue weighted by Gasteiger charge is -2.30. The van der Waals surface area contributed by atoms with Crippen LogP contribution in [-0.4, -0.2) is 51.7 Å². The van der Waals surface area contributed by atoms with E-state index in [-0.39, 0.29) is 0 Å². The van der Waals surface area contributed by atoms with Crippen LogP contribution >= 0.6 is 0 Å². The fraction of sp³-hybridized carbons (Fsp3) is 0.345. The normalized spacial score (nSPS) is 16.1. The molecule has 180 valence electrons. The second kappa shape index (κ2) is 10.5. The van der Waals surface area contributed by atoms with Gasteiger partial charge >= 0.3 is 0 Å². The molecule has 2 N–H and O–H groups in total. The van der Waals surface area contributed by atoms with Gasteiger partial charge in [-0.25, -0.2) is 0 Å². The summed E-state index contributed by atoms with van der Waals surface area (Å²) in [5.74, 6) is 0. The zero-order chi connectivity index (χ0) is 24.2. The molecule has 0 bridgehead atoms. The average molecular weight is 467 g/mol. The fourth-order valence-corrected chi connectivity index (χ4v) is 4.76. The van der Waals surface area contributed by atoms with Crippen molar-refractivity contribution < 1.29 is 0 Å². The lowest BCUT2D eigenvalue weighted by molar-refractivity contribution is 0.170. The molecule has 2 saturated heterocycles. The molecule has 0 unspecified atom stereocenters. The molecule has 5 rings (SSSR count). The van der Waals surface area contributed by atoms with Crippen molar-refractivity contribution in [3.8, 4) is 11.1 Å². The number of benzene rings is 1. The van der Waals surface area contributed by atoms with Crippen LogP contribution in [0.3, 0.4) is 0 Å². The van der Waals surface area contributed by atoms with Gasteiger partial charge in [-0.05, 0) is 93.3 Å². The maximum Gasteiger partial charge on any atom is 0.0843 e. The van der Waals surface area contributed by atoms with Crippen LogP contribution in [0.1, 0.15) is 41.6 Å². The first-order chi connectivity index (χ1) is 17.0. The Morgan fingerprint density at radius 2 is 1.69 bits per heavy atom. The van der Waals surface area contributed by atoms with Crippen molar-refractivity contribution in [1.29, 1.82) is 5.41 Å². The molecular weight excluding hydrogens is 432 g/mol. The minimum absolute atomic E-state index is 0.384. The van der Waals surface area contributed by atoms with E-state index in [1.165, 1.54) is 37.9 Å². The molecular formula is C29H34N6. The molecule has 6 nitrogen and oxygen atoms in total. The highest BCUT2D eigenvalue weighted by Gasteiger charge is 2.16. The Morgan fingerprint density at radius 3 is 2.40 bits per heavy atom. The van der Waals surface area contributed by atoms with Gasteiger partial charge in [-0.1, -0.05) is 18.7 Å². The Labute approximate surface area is 208 Å². The van der Waals surface area contributed by atoms with E-state index >= 15 is 0 Å². The van der Waals surface area contributed by atoms with Crippen LogP contribution in [0.4, 0.5) is 5.69 Å². The molecule has 6 heteroatoms. The van der Waals surface area contributed by atoms with Crippen LogP contribution in [-0.2, 0) is 13.1 Å². The topological polar surface area (TPSA) is 68.1 Å². The Kier molecular flexibility index (Phi) is 7.02. The van der Waals surface area contributed by atoms with Gasteiger partial charge in [0, 0.05) is 36.6 Å². The minimum atomic E-state index is 0.384. The third-order valence-electron chi connectivity index (χ3n) is 7.00. The van der Waals surface area contributed by atoms with E-state index in [4.69, 9.17) is 5.41 Å². The molecule has 4 heterocycles. The molecule has 0 amide bonds. The molecule has 0 atom stereocenters. The molecule has 2 fully saturated rings. The van der Waals surface area contributed by atoms with Crippen molar-refractivity contribution in [3.63, 3.8) is 0 Å². The lowest BCUT2D eigenvalue weighted by atomic mass is 9.96. The summed E-state index contributed by atoms with van der Waals surface area (Å²) >= 11 is 0. The summed E-state index contributed by atoms with van der Waals surface area (Å²) < 4.78 is 0. The van der Waals surface area contributed by atoms with Gasteiger partial charge in [-0.2, -0.15) is 0 Å². The monoisotopic (exact) mass is 466 g/mol. The number of hydrogen-bond donors (Lipinski definition) is 2. The highest BCUT2D eigenvalue weighted by atomic mass is 15.2. The summed E-state index contributed by atoms with van der Waals surface area (Å²) in [4.78, 5) is 14.0. The first-order valence-electron chi connectivity index (χ1n) is 12.5. The summed E-state index contributed by atoms with van der Waals surface area (Å²) in [7, 11) is 0. The molecule has 2 aromatic heterocycles. The highest BCUT2D eigenvalue weighted by Crippen LogP contribution is 2.25. The number of aromatic nitrogens is 2. The summed E-state index contributed by atoms with van der Waals surface area (Å²) in [6.07, 6.45) is 9.55. The number of allylic oxidation sites excluding steroid dienone is 1. The van der Waals surface area contributed by atoms with Crippen molar-refractivity contribution in [1.82, 2.24) is 19.8 Å². The number of nitrogens with zero attached hydrogens (tertiary/aromatic N) is 4. The molecule has 0 radical (unpaired) electrons. The van der Waals surface area contributed by atoms with Crippen LogP contribution in [0, 0.1) is 12.3 Å². The van der Waals surface area contributed by atoms with Gasteiger partial charge in [0.05, 0.1) is 29.0 Å². The lowest BCUT2D eigenvalue weighted by Crippen LogP contribution is -2.36. The Morgan fingerprint density at radius 1 is 0.914 bits per heavy atom. The maximum absolute atomic E-state index is 8.83. The van der Waals surface area contributed by atoms with Crippen LogP contribution in [0.25, 0.3) is 11.1 Å². The van der Waals surface area contributed by atoms with E-state index in [1.54, 1.807) is 0 Å². The SMILES string of the molecule is C=C(Nc1ccc(CN2CCC2)nc1)C(=N)c1cc(-c2cncc(CN3CCCC3)c2)ccc1C. The van der Waals surface area contributed by atoms with Crippen LogP contribution in [0.15, 0.2) is 67.3 Å². The minimum Gasteiger partial charge on any atom is -0.353 e. The van der Waals surface area contributed by atoms with Crippen molar-refractivity contribution in [2.45, 2.75) is 39.3 Å². The van der Waals surface area contributed by atoms with Crippen molar-refractivity contribution in [2.24, 2.45) is 0 Å². The number of aryl methyl sites for hydroxylation is 1. The number of rotatable bonds is 9. The third kappa shape index (κ3) is 5.66. The number of hydrogen-bond acceptors (Lipinski definition) is 6. The van der Waals surface area contributed by atoms with Gasteiger partial charge in [-0.15, -0.1) is 0 Å². The van der Waals surface area contributed by atoms with Gasteiger partial charge in [0.25, 0.3) is 0 Å². The number of pyridine rings is 2. The maximum atomic E-state index is 8.83. The predicted octanol–water partition coefficient (Wildman–Crippen LogP) is 5.25. The second-order valence-corrected chi connectivity index (χ2v) is 9.74. The first-order valence-corrected chi connectivity index (χ1v) is 12.5. The van der Waals surface area contributed by atoms with Gasteiger partial charge < -0.3 is 5.32 Å². The Balaban J connectivity index is 1.28. The fourth-order valence-electron chi connectivity index (χ4n) is 4.76. The second-order valence-electron chi connectivity index (χ2n) is 9.74. The Bertz CT molecular complexity index is 1210. The molecule has 3 aromatic rings. The molecule has 0 aliphatic carbocycles. The third-order valence-corrected chi connectivity index (χ3v) is 7.00. The van der Waals surface area contributed by atoms with Crippen molar-refractivity contribution >= 4 is 11.4 Å². The van der Waals surface area contributed by atoms with Gasteiger partial charge in [-0.3, -0.25) is 25.2 Å². The van der Waals surface area contributed by atoms with E-state index in [0.717, 1.165) is 59.8 Å². The molecule has 0 saturated carbocycles. The highest BCUT2D eigenvalue weighted by molar-refractivity contribution is 6.13.